The third-order valence-corrected chi connectivity index (χ3v) is 0. The van der Waals surface area contributed by atoms with Crippen LogP contribution in [0.3, 0.4) is 0 Å². The first-order valence-electron chi connectivity index (χ1n) is 0.569. The maximum atomic E-state index is 8.58. The van der Waals surface area contributed by atoms with Crippen molar-refractivity contribution in [2.24, 2.45) is 5.73 Å². The van der Waals surface area contributed by atoms with Gasteiger partial charge in [0.1, 0.15) is 0 Å². The fraction of sp³-hybridized carbons (Fsp3) is 0. The van der Waals surface area contributed by atoms with Gasteiger partial charge in [-0.15, -0.1) is 0 Å². The molecule has 0 saturated heterocycles. The first-order valence-corrected chi connectivity index (χ1v) is 0.569. The second-order valence-corrected chi connectivity index (χ2v) is 0.136. The summed E-state index contributed by atoms with van der Waals surface area (Å²) in [6.07, 6.45) is 0.250. The van der Waals surface area contributed by atoms with E-state index in [1.54, 1.807) is 0 Å². The Morgan fingerprint density at radius 2 is 1.75 bits per heavy atom. The van der Waals surface area contributed by atoms with Crippen molar-refractivity contribution >= 4 is 6.41 Å². The third-order valence-electron chi connectivity index (χ3n) is 0. The Bertz CT molecular complexity index is 13.5. The van der Waals surface area contributed by atoms with Crippen LogP contribution in [0, 0.1) is 0 Å². The first kappa shape index (κ1) is 9.90. The van der Waals surface area contributed by atoms with E-state index in [4.69, 9.17) is 4.79 Å². The summed E-state index contributed by atoms with van der Waals surface area (Å²) in [4.78, 5) is 8.58. The van der Waals surface area contributed by atoms with Gasteiger partial charge in [0.05, 0.1) is 0 Å². The quantitative estimate of drug-likeness (QED) is 0.358. The van der Waals surface area contributed by atoms with Gasteiger partial charge in [0, 0.05) is 5.48 Å². The van der Waals surface area contributed by atoms with Crippen LogP contribution in [0.5, 0.6) is 0 Å². The van der Waals surface area contributed by atoms with Crippen molar-refractivity contribution in [2.45, 2.75) is 0 Å². The summed E-state index contributed by atoms with van der Waals surface area (Å²) in [5.74, 6) is 0. The van der Waals surface area contributed by atoms with E-state index in [0.717, 1.165) is 0 Å². The minimum absolute atomic E-state index is 0. The van der Waals surface area contributed by atoms with Crippen molar-refractivity contribution < 1.29 is 10.3 Å². The van der Waals surface area contributed by atoms with Crippen molar-refractivity contribution in [1.82, 2.24) is 0 Å². The molecule has 4 heavy (non-hydrogen) atoms. The lowest BCUT2D eigenvalue weighted by atomic mass is 11.5. The molecular formula is CH3NO2. The molecule has 0 bridgehead atoms. The monoisotopic (exact) mass is 61.0 g/mol. The Balaban J connectivity index is 0. The molecule has 0 aromatic rings. The van der Waals surface area contributed by atoms with Crippen molar-refractivity contribution in [3.05, 3.63) is 0 Å². The SMILES string of the molecule is NC=O.[O]. The zero-order valence-corrected chi connectivity index (χ0v) is 1.97. The largest absolute Gasteiger partial charge is 0.372 e. The molecule has 3 heteroatoms. The van der Waals surface area contributed by atoms with Crippen LogP contribution in [0.4, 0.5) is 0 Å². The van der Waals surface area contributed by atoms with Gasteiger partial charge in [-0.2, -0.15) is 0 Å². The van der Waals surface area contributed by atoms with Crippen LogP contribution in [0.2, 0.25) is 0 Å². The van der Waals surface area contributed by atoms with Crippen LogP contribution in [0.1, 0.15) is 0 Å². The molecule has 0 aromatic heterocycles. The second-order valence-electron chi connectivity index (χ2n) is 0.136. The Morgan fingerprint density at radius 1 is 1.75 bits per heavy atom. The fourth-order valence-corrected chi connectivity index (χ4v) is 0. The summed E-state index contributed by atoms with van der Waals surface area (Å²) in [6.45, 7) is 0. The maximum Gasteiger partial charge on any atom is 0.204 e. The molecule has 0 atom stereocenters. The number of amides is 1. The van der Waals surface area contributed by atoms with Crippen LogP contribution >= 0.6 is 0 Å². The van der Waals surface area contributed by atoms with E-state index in [-0.39, 0.29) is 11.9 Å². The summed E-state index contributed by atoms with van der Waals surface area (Å²) in [7, 11) is 0. The standard InChI is InChI=1S/CH3NO.O/c2-1-3;/h1H,(H2,2,3);. The number of carbonyl (C=O) groups excluding carboxylic acids is 1. The van der Waals surface area contributed by atoms with Gasteiger partial charge in [0.2, 0.25) is 6.41 Å². The lowest BCUT2D eigenvalue weighted by Gasteiger charge is -1.32. The van der Waals surface area contributed by atoms with Gasteiger partial charge in [-0.05, 0) is 0 Å². The summed E-state index contributed by atoms with van der Waals surface area (Å²) in [6, 6.07) is 0. The van der Waals surface area contributed by atoms with E-state index in [2.05, 4.69) is 5.73 Å². The van der Waals surface area contributed by atoms with Crippen LogP contribution in [-0.2, 0) is 10.3 Å². The molecule has 1 amide bonds. The average molecular weight is 61.0 g/mol. The first-order chi connectivity index (χ1) is 1.41. The number of primary amides is 1. The van der Waals surface area contributed by atoms with E-state index < -0.39 is 0 Å². The van der Waals surface area contributed by atoms with Gasteiger partial charge in [-0.1, -0.05) is 0 Å². The Labute approximate surface area is 23.7 Å². The van der Waals surface area contributed by atoms with E-state index in [1.165, 1.54) is 0 Å². The number of nitrogens with two attached hydrogens (primary N) is 1. The molecular weight excluding hydrogens is 58.0 g/mol. The van der Waals surface area contributed by atoms with Gasteiger partial charge in [0.25, 0.3) is 0 Å². The van der Waals surface area contributed by atoms with Crippen molar-refractivity contribution in [1.29, 1.82) is 0 Å². The normalized spacial score (nSPS) is 3.00. The minimum atomic E-state index is 0. The van der Waals surface area contributed by atoms with Gasteiger partial charge in [-0.3, -0.25) is 4.79 Å². The number of hydrogen-bond acceptors (Lipinski definition) is 1. The van der Waals surface area contributed by atoms with Gasteiger partial charge in [0.15, 0.2) is 0 Å². The number of carbonyl (C=O) groups is 1. The topological polar surface area (TPSA) is 71.6 Å². The molecule has 24 valence electrons. The Hall–Kier alpha value is -0.570. The summed E-state index contributed by atoms with van der Waals surface area (Å²) >= 11 is 0. The van der Waals surface area contributed by atoms with Gasteiger partial charge < -0.3 is 5.73 Å². The fourth-order valence-electron chi connectivity index (χ4n) is 0. The average Bonchev–Trinajstić information content (AvgIpc) is 0.918. The predicted octanol–water partition coefficient (Wildman–Crippen LogP) is -1.02. The summed E-state index contributed by atoms with van der Waals surface area (Å²) < 4.78 is 0. The molecule has 0 saturated carbocycles. The molecule has 0 heterocycles. The van der Waals surface area contributed by atoms with Crippen LogP contribution in [0.15, 0.2) is 0 Å². The van der Waals surface area contributed by atoms with Crippen LogP contribution in [-0.4, -0.2) is 6.41 Å². The number of rotatable bonds is 0. The highest BCUT2D eigenvalue weighted by Gasteiger charge is 1.19. The van der Waals surface area contributed by atoms with Crippen LogP contribution in [0.25, 0.3) is 0 Å². The highest BCUT2D eigenvalue weighted by molar-refractivity contribution is 5.42. The van der Waals surface area contributed by atoms with E-state index in [1.807, 2.05) is 0 Å². The highest BCUT2D eigenvalue weighted by Crippen LogP contribution is 0.798. The van der Waals surface area contributed by atoms with Crippen LogP contribution < -0.4 is 5.73 Å². The van der Waals surface area contributed by atoms with Crippen molar-refractivity contribution in [3.63, 3.8) is 0 Å². The maximum absolute atomic E-state index is 8.58. The highest BCUT2D eigenvalue weighted by atomic mass is 16.1. The van der Waals surface area contributed by atoms with E-state index in [0.29, 0.717) is 0 Å². The molecule has 0 spiro atoms. The van der Waals surface area contributed by atoms with Gasteiger partial charge >= 0.3 is 0 Å². The Kier molecular flexibility index (Phi) is 66.5. The molecule has 0 aliphatic heterocycles. The van der Waals surface area contributed by atoms with E-state index in [9.17, 15) is 0 Å². The van der Waals surface area contributed by atoms with Crippen molar-refractivity contribution in [3.8, 4) is 0 Å². The molecule has 2 N–H and O–H groups in total. The zero-order valence-electron chi connectivity index (χ0n) is 1.97. The van der Waals surface area contributed by atoms with E-state index >= 15 is 0 Å². The molecule has 0 fully saturated rings. The predicted molar refractivity (Wildman–Crippen MR) is 10.9 cm³/mol. The molecule has 0 unspecified atom stereocenters. The molecule has 0 aliphatic rings. The molecule has 2 radical (unpaired) electrons. The summed E-state index contributed by atoms with van der Waals surface area (Å²) in [5, 5.41) is 0. The van der Waals surface area contributed by atoms with Gasteiger partial charge in [-0.25, -0.2) is 0 Å². The summed E-state index contributed by atoms with van der Waals surface area (Å²) in [5.41, 5.74) is 4.17. The second kappa shape index (κ2) is 26.9. The Morgan fingerprint density at radius 3 is 1.75 bits per heavy atom. The minimum Gasteiger partial charge on any atom is -0.372 e. The third kappa shape index (κ3) is 0.814. The lowest BCUT2D eigenvalue weighted by Crippen LogP contribution is -1.82. The lowest BCUT2D eigenvalue weighted by molar-refractivity contribution is -0.106. The molecule has 0 aliphatic carbocycles. The molecule has 0 aromatic carbocycles. The number of hydrogen-bond donors (Lipinski definition) is 1. The molecule has 3 nitrogen and oxygen atoms in total. The molecule has 0 rings (SSSR count). The van der Waals surface area contributed by atoms with Crippen molar-refractivity contribution in [2.75, 3.05) is 0 Å². The smallest absolute Gasteiger partial charge is 0.204 e. The zero-order chi connectivity index (χ0) is 2.71.